The van der Waals surface area contributed by atoms with Gasteiger partial charge in [-0.05, 0) is 37.1 Å². The number of hydrogen-bond acceptors (Lipinski definition) is 5. The summed E-state index contributed by atoms with van der Waals surface area (Å²) in [4.78, 5) is 27.3. The Labute approximate surface area is 150 Å². The number of pyridine rings is 2. The third-order valence-corrected chi connectivity index (χ3v) is 4.22. The molecule has 3 aromatic rings. The Bertz CT molecular complexity index is 871. The van der Waals surface area contributed by atoms with Crippen LogP contribution in [0.25, 0.3) is 5.82 Å². The van der Waals surface area contributed by atoms with Crippen LogP contribution in [-0.4, -0.2) is 38.6 Å². The van der Waals surface area contributed by atoms with Crippen molar-refractivity contribution in [3.8, 4) is 5.82 Å². The smallest absolute Gasteiger partial charge is 0.323 e. The number of imidazole rings is 1. The second-order valence-corrected chi connectivity index (χ2v) is 6.02. The van der Waals surface area contributed by atoms with Gasteiger partial charge in [0.15, 0.2) is 5.82 Å². The van der Waals surface area contributed by atoms with Crippen LogP contribution >= 0.6 is 0 Å². The zero-order valence-electron chi connectivity index (χ0n) is 14.2. The van der Waals surface area contributed by atoms with Gasteiger partial charge in [0.2, 0.25) is 0 Å². The van der Waals surface area contributed by atoms with Crippen LogP contribution in [0.4, 0.5) is 22.0 Å². The molecule has 0 unspecified atom stereocenters. The number of carbonyl (C=O) groups excluding carboxylic acids is 1. The zero-order valence-corrected chi connectivity index (χ0v) is 14.2. The summed E-state index contributed by atoms with van der Waals surface area (Å²) < 4.78 is 1.79. The molecule has 4 rings (SSSR count). The van der Waals surface area contributed by atoms with E-state index in [0.717, 1.165) is 37.6 Å². The molecule has 1 aliphatic heterocycles. The molecule has 3 aromatic heterocycles. The van der Waals surface area contributed by atoms with Crippen LogP contribution in [0.3, 0.4) is 0 Å². The van der Waals surface area contributed by atoms with Gasteiger partial charge in [-0.25, -0.2) is 19.7 Å². The molecule has 4 heterocycles. The normalized spacial score (nSPS) is 13.6. The first-order valence-corrected chi connectivity index (χ1v) is 8.52. The maximum absolute atomic E-state index is 12.4. The van der Waals surface area contributed by atoms with E-state index in [2.05, 4.69) is 30.5 Å². The van der Waals surface area contributed by atoms with Crippen molar-refractivity contribution in [1.82, 2.24) is 19.5 Å². The largest absolute Gasteiger partial charge is 0.355 e. The Morgan fingerprint density at radius 3 is 2.65 bits per heavy atom. The number of nitrogens with one attached hydrogen (secondary N) is 2. The van der Waals surface area contributed by atoms with E-state index >= 15 is 0 Å². The first kappa shape index (κ1) is 16.1. The highest BCUT2D eigenvalue weighted by atomic mass is 16.2. The fourth-order valence-electron chi connectivity index (χ4n) is 2.97. The van der Waals surface area contributed by atoms with Crippen molar-refractivity contribution in [3.05, 3.63) is 55.4 Å². The molecular weight excluding hydrogens is 330 g/mol. The summed E-state index contributed by atoms with van der Waals surface area (Å²) in [6, 6.07) is 6.97. The molecule has 2 amide bonds. The molecule has 1 fully saturated rings. The van der Waals surface area contributed by atoms with Gasteiger partial charge in [0, 0.05) is 31.7 Å². The molecule has 8 nitrogen and oxygen atoms in total. The Hall–Kier alpha value is -3.42. The van der Waals surface area contributed by atoms with Crippen LogP contribution in [0.1, 0.15) is 12.8 Å². The predicted molar refractivity (Wildman–Crippen MR) is 99.7 cm³/mol. The van der Waals surface area contributed by atoms with E-state index in [0.29, 0.717) is 11.4 Å². The average Bonchev–Trinajstić information content (AvgIpc) is 3.37. The standard InChI is InChI=1S/C18H19N7O/c26-18(22-14-5-6-16(21-12-14)25-11-8-19-13-25)23-15-4-3-7-20-17(15)24-9-1-2-10-24/h3-8,11-13H,1-2,9-10H2,(H2,22,23,26). The van der Waals surface area contributed by atoms with Crippen LogP contribution in [-0.2, 0) is 0 Å². The summed E-state index contributed by atoms with van der Waals surface area (Å²) in [7, 11) is 0. The lowest BCUT2D eigenvalue weighted by Crippen LogP contribution is -2.24. The fourth-order valence-corrected chi connectivity index (χ4v) is 2.97. The lowest BCUT2D eigenvalue weighted by Gasteiger charge is -2.20. The van der Waals surface area contributed by atoms with Crippen molar-refractivity contribution in [3.63, 3.8) is 0 Å². The van der Waals surface area contributed by atoms with Gasteiger partial charge in [-0.3, -0.25) is 4.57 Å². The predicted octanol–water partition coefficient (Wildman–Crippen LogP) is 2.91. The minimum Gasteiger partial charge on any atom is -0.355 e. The number of carbonyl (C=O) groups is 1. The zero-order chi connectivity index (χ0) is 17.8. The van der Waals surface area contributed by atoms with Crippen LogP contribution in [0.15, 0.2) is 55.4 Å². The molecule has 0 spiro atoms. The van der Waals surface area contributed by atoms with Gasteiger partial charge in [0.05, 0.1) is 17.6 Å². The van der Waals surface area contributed by atoms with Gasteiger partial charge in [0.1, 0.15) is 12.1 Å². The van der Waals surface area contributed by atoms with Crippen molar-refractivity contribution in [2.75, 3.05) is 28.6 Å². The van der Waals surface area contributed by atoms with E-state index in [-0.39, 0.29) is 6.03 Å². The topological polar surface area (TPSA) is 88.0 Å². The summed E-state index contributed by atoms with van der Waals surface area (Å²) in [5, 5.41) is 5.68. The van der Waals surface area contributed by atoms with E-state index < -0.39 is 0 Å². The third kappa shape index (κ3) is 3.49. The van der Waals surface area contributed by atoms with E-state index in [1.807, 2.05) is 24.4 Å². The lowest BCUT2D eigenvalue weighted by molar-refractivity contribution is 0.262. The Balaban J connectivity index is 1.43. The van der Waals surface area contributed by atoms with Gasteiger partial charge in [-0.1, -0.05) is 0 Å². The molecule has 2 N–H and O–H groups in total. The van der Waals surface area contributed by atoms with Crippen LogP contribution in [0.2, 0.25) is 0 Å². The molecule has 0 bridgehead atoms. The van der Waals surface area contributed by atoms with Crippen molar-refractivity contribution in [2.45, 2.75) is 12.8 Å². The fraction of sp³-hybridized carbons (Fsp3) is 0.222. The number of amides is 2. The number of nitrogens with zero attached hydrogens (tertiary/aromatic N) is 5. The van der Waals surface area contributed by atoms with Gasteiger partial charge >= 0.3 is 6.03 Å². The maximum Gasteiger partial charge on any atom is 0.323 e. The molecule has 0 atom stereocenters. The third-order valence-electron chi connectivity index (χ3n) is 4.22. The first-order chi connectivity index (χ1) is 12.8. The molecule has 0 radical (unpaired) electrons. The van der Waals surface area contributed by atoms with Crippen molar-refractivity contribution in [1.29, 1.82) is 0 Å². The van der Waals surface area contributed by atoms with E-state index in [4.69, 9.17) is 0 Å². The number of rotatable bonds is 4. The molecule has 26 heavy (non-hydrogen) atoms. The second-order valence-electron chi connectivity index (χ2n) is 6.02. The highest BCUT2D eigenvalue weighted by Crippen LogP contribution is 2.26. The highest BCUT2D eigenvalue weighted by molar-refractivity contribution is 6.01. The number of hydrogen-bond donors (Lipinski definition) is 2. The van der Waals surface area contributed by atoms with Crippen molar-refractivity contribution < 1.29 is 4.79 Å². The summed E-state index contributed by atoms with van der Waals surface area (Å²) in [5.41, 5.74) is 1.31. The summed E-state index contributed by atoms with van der Waals surface area (Å²) in [5.74, 6) is 1.55. The monoisotopic (exact) mass is 349 g/mol. The van der Waals surface area contributed by atoms with E-state index in [9.17, 15) is 4.79 Å². The van der Waals surface area contributed by atoms with Gasteiger partial charge in [0.25, 0.3) is 0 Å². The summed E-state index contributed by atoms with van der Waals surface area (Å²) in [6.45, 7) is 1.93. The Kier molecular flexibility index (Phi) is 4.46. The van der Waals surface area contributed by atoms with Crippen molar-refractivity contribution >= 4 is 23.2 Å². The summed E-state index contributed by atoms with van der Waals surface area (Å²) >= 11 is 0. The lowest BCUT2D eigenvalue weighted by atomic mass is 10.3. The minimum absolute atomic E-state index is 0.323. The van der Waals surface area contributed by atoms with Gasteiger partial charge in [-0.2, -0.15) is 0 Å². The molecular formula is C18H19N7O. The second kappa shape index (κ2) is 7.22. The quantitative estimate of drug-likeness (QED) is 0.756. The Morgan fingerprint density at radius 2 is 1.92 bits per heavy atom. The van der Waals surface area contributed by atoms with Crippen LogP contribution in [0, 0.1) is 0 Å². The Morgan fingerprint density at radius 1 is 1.04 bits per heavy atom. The molecule has 0 aliphatic carbocycles. The number of aromatic nitrogens is 4. The first-order valence-electron chi connectivity index (χ1n) is 8.52. The van der Waals surface area contributed by atoms with E-state index in [1.165, 1.54) is 0 Å². The van der Waals surface area contributed by atoms with Crippen LogP contribution in [0.5, 0.6) is 0 Å². The van der Waals surface area contributed by atoms with Crippen LogP contribution < -0.4 is 15.5 Å². The summed E-state index contributed by atoms with van der Waals surface area (Å²) in [6.07, 6.45) is 10.8. The molecule has 132 valence electrons. The molecule has 8 heteroatoms. The van der Waals surface area contributed by atoms with E-state index in [1.54, 1.807) is 35.6 Å². The van der Waals surface area contributed by atoms with Crippen molar-refractivity contribution in [2.24, 2.45) is 0 Å². The number of urea groups is 1. The molecule has 0 aromatic carbocycles. The van der Waals surface area contributed by atoms with Gasteiger partial charge in [-0.15, -0.1) is 0 Å². The molecule has 0 saturated carbocycles. The molecule has 1 aliphatic rings. The number of anilines is 3. The SMILES string of the molecule is O=C(Nc1ccc(-n2ccnc2)nc1)Nc1cccnc1N1CCCC1. The maximum atomic E-state index is 12.4. The highest BCUT2D eigenvalue weighted by Gasteiger charge is 2.17. The van der Waals surface area contributed by atoms with Gasteiger partial charge < -0.3 is 15.5 Å². The minimum atomic E-state index is -0.323. The average molecular weight is 349 g/mol. The molecule has 1 saturated heterocycles.